The van der Waals surface area contributed by atoms with E-state index in [0.29, 0.717) is 18.6 Å². The Morgan fingerprint density at radius 2 is 1.68 bits per heavy atom. The summed E-state index contributed by atoms with van der Waals surface area (Å²) in [4.78, 5) is 42.0. The van der Waals surface area contributed by atoms with Crippen LogP contribution in [0.2, 0.25) is 0 Å². The lowest BCUT2D eigenvalue weighted by atomic mass is 9.86. The molecule has 0 unspecified atom stereocenters. The van der Waals surface area contributed by atoms with Crippen molar-refractivity contribution in [2.75, 3.05) is 38.6 Å². The summed E-state index contributed by atoms with van der Waals surface area (Å²) in [5.41, 5.74) is -0.448. The lowest BCUT2D eigenvalue weighted by molar-refractivity contribution is -0.137. The van der Waals surface area contributed by atoms with Crippen molar-refractivity contribution in [1.82, 2.24) is 14.7 Å². The Labute approximate surface area is 211 Å². The first-order chi connectivity index (χ1) is 17.5. The predicted octanol–water partition coefficient (Wildman–Crippen LogP) is 4.10. The van der Waals surface area contributed by atoms with Crippen LogP contribution in [-0.2, 0) is 17.5 Å². The normalized spacial score (nSPS) is 17.3. The molecule has 0 radical (unpaired) electrons. The first-order valence-electron chi connectivity index (χ1n) is 11.7. The molecule has 37 heavy (non-hydrogen) atoms. The maximum atomic E-state index is 13.5. The van der Waals surface area contributed by atoms with Gasteiger partial charge < -0.3 is 29.9 Å². The number of urea groups is 1. The summed E-state index contributed by atoms with van der Waals surface area (Å²) in [6.07, 6.45) is -4.67. The van der Waals surface area contributed by atoms with E-state index >= 15 is 0 Å². The van der Waals surface area contributed by atoms with E-state index in [1.807, 2.05) is 12.1 Å². The van der Waals surface area contributed by atoms with Gasteiger partial charge in [-0.25, -0.2) is 9.59 Å². The van der Waals surface area contributed by atoms with E-state index in [1.165, 1.54) is 9.80 Å². The SMILES string of the molecule is COc1ccc(CN2C(=O)N(CC(=O)Nc3ccc(C(F)(F)F)cc3)CC23CCN(C(=O)O)CC3)cc1. The van der Waals surface area contributed by atoms with Crippen molar-refractivity contribution in [3.63, 3.8) is 0 Å². The third-order valence-electron chi connectivity index (χ3n) is 6.85. The van der Waals surface area contributed by atoms with Crippen LogP contribution in [0.4, 0.5) is 28.4 Å². The molecule has 0 aliphatic carbocycles. The highest BCUT2D eigenvalue weighted by Gasteiger charge is 2.51. The molecular formula is C25H27F3N4O5. The first-order valence-corrected chi connectivity index (χ1v) is 11.7. The van der Waals surface area contributed by atoms with E-state index < -0.39 is 29.3 Å². The van der Waals surface area contributed by atoms with Crippen molar-refractivity contribution in [3.8, 4) is 5.75 Å². The Morgan fingerprint density at radius 1 is 1.05 bits per heavy atom. The van der Waals surface area contributed by atoms with E-state index in [2.05, 4.69) is 5.32 Å². The molecule has 0 saturated carbocycles. The molecule has 2 aliphatic rings. The van der Waals surface area contributed by atoms with E-state index in [0.717, 1.165) is 29.8 Å². The number of rotatable bonds is 6. The van der Waals surface area contributed by atoms with Gasteiger partial charge in [0, 0.05) is 31.9 Å². The fourth-order valence-electron chi connectivity index (χ4n) is 4.81. The molecule has 2 aromatic carbocycles. The fourth-order valence-corrected chi connectivity index (χ4v) is 4.81. The van der Waals surface area contributed by atoms with Gasteiger partial charge in [0.1, 0.15) is 12.3 Å². The van der Waals surface area contributed by atoms with Crippen molar-refractivity contribution < 1.29 is 37.4 Å². The van der Waals surface area contributed by atoms with Gasteiger partial charge in [-0.2, -0.15) is 13.2 Å². The zero-order valence-electron chi connectivity index (χ0n) is 20.1. The number of methoxy groups -OCH3 is 1. The van der Waals surface area contributed by atoms with Crippen LogP contribution in [0.25, 0.3) is 0 Å². The smallest absolute Gasteiger partial charge is 0.416 e. The summed E-state index contributed by atoms with van der Waals surface area (Å²) >= 11 is 0. The number of hydrogen-bond acceptors (Lipinski definition) is 4. The predicted molar refractivity (Wildman–Crippen MR) is 127 cm³/mol. The number of piperidine rings is 1. The van der Waals surface area contributed by atoms with Crippen molar-refractivity contribution >= 4 is 23.7 Å². The summed E-state index contributed by atoms with van der Waals surface area (Å²) in [7, 11) is 1.55. The minimum absolute atomic E-state index is 0.184. The van der Waals surface area contributed by atoms with Gasteiger partial charge in [0.15, 0.2) is 0 Å². The van der Waals surface area contributed by atoms with Crippen LogP contribution < -0.4 is 10.1 Å². The summed E-state index contributed by atoms with van der Waals surface area (Å²) in [6.45, 7) is 0.729. The van der Waals surface area contributed by atoms with E-state index in [4.69, 9.17) is 4.74 Å². The number of ether oxygens (including phenoxy) is 1. The maximum absolute atomic E-state index is 13.5. The Kier molecular flexibility index (Phi) is 7.19. The number of anilines is 1. The molecule has 2 fully saturated rings. The Balaban J connectivity index is 1.48. The molecule has 9 nitrogen and oxygen atoms in total. The van der Waals surface area contributed by atoms with Crippen LogP contribution in [0.15, 0.2) is 48.5 Å². The lowest BCUT2D eigenvalue weighted by Gasteiger charge is -2.43. The summed E-state index contributed by atoms with van der Waals surface area (Å²) in [6, 6.07) is 10.9. The molecule has 2 aliphatic heterocycles. The average Bonchev–Trinajstić information content (AvgIpc) is 3.09. The minimum Gasteiger partial charge on any atom is -0.497 e. The number of likely N-dealkylation sites (tertiary alicyclic amines) is 1. The number of carboxylic acid groups (broad SMARTS) is 1. The summed E-state index contributed by atoms with van der Waals surface area (Å²) in [5.74, 6) is 0.125. The van der Waals surface area contributed by atoms with Crippen LogP contribution in [0.3, 0.4) is 0 Å². The number of nitrogens with one attached hydrogen (secondary N) is 1. The van der Waals surface area contributed by atoms with Crippen LogP contribution in [0.1, 0.15) is 24.0 Å². The second kappa shape index (κ2) is 10.2. The summed E-state index contributed by atoms with van der Waals surface area (Å²) in [5, 5.41) is 11.9. The average molecular weight is 521 g/mol. The van der Waals surface area contributed by atoms with Gasteiger partial charge in [-0.1, -0.05) is 12.1 Å². The minimum atomic E-state index is -4.48. The molecule has 0 aromatic heterocycles. The summed E-state index contributed by atoms with van der Waals surface area (Å²) < 4.78 is 43.6. The fraction of sp³-hybridized carbons (Fsp3) is 0.400. The van der Waals surface area contributed by atoms with Gasteiger partial charge in [0.2, 0.25) is 5.91 Å². The van der Waals surface area contributed by atoms with Gasteiger partial charge in [-0.15, -0.1) is 0 Å². The number of alkyl halides is 3. The van der Waals surface area contributed by atoms with E-state index in [-0.39, 0.29) is 44.4 Å². The Bertz CT molecular complexity index is 1150. The van der Waals surface area contributed by atoms with Gasteiger partial charge in [-0.3, -0.25) is 4.79 Å². The molecule has 1 spiro atoms. The van der Waals surface area contributed by atoms with Crippen molar-refractivity contribution in [2.45, 2.75) is 31.1 Å². The highest BCUT2D eigenvalue weighted by molar-refractivity contribution is 5.95. The quantitative estimate of drug-likeness (QED) is 0.597. The highest BCUT2D eigenvalue weighted by atomic mass is 19.4. The number of benzene rings is 2. The third kappa shape index (κ3) is 5.73. The van der Waals surface area contributed by atoms with Crippen molar-refractivity contribution in [2.24, 2.45) is 0 Å². The largest absolute Gasteiger partial charge is 0.497 e. The molecule has 2 N–H and O–H groups in total. The standard InChI is InChI=1S/C25H27F3N4O5/c1-37-20-8-2-17(3-9-20)14-32-22(34)31(16-24(32)10-12-30(13-11-24)23(35)36)15-21(33)29-19-6-4-18(5-7-19)25(26,27)28/h2-9H,10-16H2,1H3,(H,29,33)(H,35,36). The molecule has 4 amide bonds. The maximum Gasteiger partial charge on any atom is 0.416 e. The number of amides is 4. The van der Waals surface area contributed by atoms with Gasteiger partial charge in [-0.05, 0) is 54.8 Å². The number of halogens is 3. The topological polar surface area (TPSA) is 102 Å². The van der Waals surface area contributed by atoms with Crippen LogP contribution >= 0.6 is 0 Å². The number of nitrogens with zero attached hydrogens (tertiary/aromatic N) is 3. The van der Waals surface area contributed by atoms with Gasteiger partial charge in [0.25, 0.3) is 0 Å². The number of hydrogen-bond donors (Lipinski definition) is 2. The molecule has 198 valence electrons. The molecule has 0 bridgehead atoms. The second-order valence-corrected chi connectivity index (χ2v) is 9.19. The molecule has 12 heteroatoms. The van der Waals surface area contributed by atoms with E-state index in [1.54, 1.807) is 24.1 Å². The first kappa shape index (κ1) is 26.1. The molecule has 2 saturated heterocycles. The van der Waals surface area contributed by atoms with Crippen LogP contribution in [-0.4, -0.2) is 76.7 Å². The van der Waals surface area contributed by atoms with E-state index in [9.17, 15) is 32.7 Å². The molecular weight excluding hydrogens is 493 g/mol. The number of carbonyl (C=O) groups is 3. The molecule has 4 rings (SSSR count). The third-order valence-corrected chi connectivity index (χ3v) is 6.85. The Hall–Kier alpha value is -3.96. The van der Waals surface area contributed by atoms with Crippen LogP contribution in [0, 0.1) is 0 Å². The van der Waals surface area contributed by atoms with Crippen molar-refractivity contribution in [1.29, 1.82) is 0 Å². The van der Waals surface area contributed by atoms with Crippen molar-refractivity contribution in [3.05, 3.63) is 59.7 Å². The molecule has 2 heterocycles. The van der Waals surface area contributed by atoms with Gasteiger partial charge in [0.05, 0.1) is 18.2 Å². The lowest BCUT2D eigenvalue weighted by Crippen LogP contribution is -2.55. The van der Waals surface area contributed by atoms with Gasteiger partial charge >= 0.3 is 18.3 Å². The van der Waals surface area contributed by atoms with Crippen LogP contribution in [0.5, 0.6) is 5.75 Å². The highest BCUT2D eigenvalue weighted by Crippen LogP contribution is 2.37. The zero-order valence-corrected chi connectivity index (χ0v) is 20.1. The second-order valence-electron chi connectivity index (χ2n) is 9.19. The monoisotopic (exact) mass is 520 g/mol. The molecule has 2 aromatic rings. The zero-order chi connectivity index (χ0) is 26.8. The molecule has 0 atom stereocenters. The number of carbonyl (C=O) groups excluding carboxylic acids is 2. The Morgan fingerprint density at radius 3 is 2.22 bits per heavy atom.